The van der Waals surface area contributed by atoms with E-state index in [4.69, 9.17) is 4.74 Å². The summed E-state index contributed by atoms with van der Waals surface area (Å²) in [5.74, 6) is 0. The van der Waals surface area contributed by atoms with E-state index in [2.05, 4.69) is 51.7 Å². The van der Waals surface area contributed by atoms with E-state index in [0.29, 0.717) is 13.2 Å². The van der Waals surface area contributed by atoms with Crippen molar-refractivity contribution in [2.24, 2.45) is 0 Å². The van der Waals surface area contributed by atoms with Crippen LogP contribution in [0.5, 0.6) is 0 Å². The monoisotopic (exact) mass is 382 g/mol. The Morgan fingerprint density at radius 3 is 2.18 bits per heavy atom. The van der Waals surface area contributed by atoms with Crippen molar-refractivity contribution in [1.82, 2.24) is 15.1 Å². The molecule has 0 saturated carbocycles. The number of carbonyl (C=O) groups is 1. The SMILES string of the molecule is COCc1ccc(NC(=O)NCc2ccc(CN3CCN(C)CC3)cc2)cc1. The van der Waals surface area contributed by atoms with Gasteiger partial charge in [-0.15, -0.1) is 0 Å². The second-order valence-corrected chi connectivity index (χ2v) is 7.33. The number of hydrogen-bond donors (Lipinski definition) is 2. The zero-order chi connectivity index (χ0) is 19.8. The van der Waals surface area contributed by atoms with Gasteiger partial charge < -0.3 is 20.3 Å². The van der Waals surface area contributed by atoms with Gasteiger partial charge in [-0.25, -0.2) is 4.79 Å². The van der Waals surface area contributed by atoms with Crippen molar-refractivity contribution in [3.05, 3.63) is 65.2 Å². The minimum atomic E-state index is -0.207. The van der Waals surface area contributed by atoms with Crippen molar-refractivity contribution in [3.63, 3.8) is 0 Å². The lowest BCUT2D eigenvalue weighted by atomic mass is 10.1. The molecule has 2 aromatic carbocycles. The van der Waals surface area contributed by atoms with Crippen LogP contribution in [-0.2, 0) is 24.4 Å². The molecule has 6 heteroatoms. The number of hydrogen-bond acceptors (Lipinski definition) is 4. The Balaban J connectivity index is 1.42. The first kappa shape index (κ1) is 20.3. The van der Waals surface area contributed by atoms with Gasteiger partial charge in [0.2, 0.25) is 0 Å². The number of methoxy groups -OCH3 is 1. The van der Waals surface area contributed by atoms with Crippen molar-refractivity contribution >= 4 is 11.7 Å². The van der Waals surface area contributed by atoms with Crippen LogP contribution in [0.25, 0.3) is 0 Å². The fourth-order valence-electron chi connectivity index (χ4n) is 3.24. The molecule has 0 bridgehead atoms. The van der Waals surface area contributed by atoms with Crippen molar-refractivity contribution in [2.75, 3.05) is 45.7 Å². The third-order valence-electron chi connectivity index (χ3n) is 5.00. The molecular formula is C22H30N4O2. The normalized spacial score (nSPS) is 15.4. The number of urea groups is 1. The first-order chi connectivity index (χ1) is 13.6. The number of nitrogens with one attached hydrogen (secondary N) is 2. The number of carbonyl (C=O) groups excluding carboxylic acids is 1. The van der Waals surface area contributed by atoms with Crippen molar-refractivity contribution < 1.29 is 9.53 Å². The molecule has 1 fully saturated rings. The molecule has 2 amide bonds. The topological polar surface area (TPSA) is 56.8 Å². The maximum atomic E-state index is 12.1. The third kappa shape index (κ3) is 6.34. The molecule has 0 aliphatic carbocycles. The summed E-state index contributed by atoms with van der Waals surface area (Å²) in [6.45, 7) is 6.55. The summed E-state index contributed by atoms with van der Waals surface area (Å²) < 4.78 is 5.09. The zero-order valence-corrected chi connectivity index (χ0v) is 16.8. The predicted octanol–water partition coefficient (Wildman–Crippen LogP) is 2.90. The average molecular weight is 383 g/mol. The molecule has 28 heavy (non-hydrogen) atoms. The van der Waals surface area contributed by atoms with Gasteiger partial charge in [0, 0.05) is 52.1 Å². The van der Waals surface area contributed by atoms with E-state index >= 15 is 0 Å². The molecule has 0 aromatic heterocycles. The summed E-state index contributed by atoms with van der Waals surface area (Å²) in [5, 5.41) is 5.75. The lowest BCUT2D eigenvalue weighted by Crippen LogP contribution is -2.43. The van der Waals surface area contributed by atoms with Crippen LogP contribution < -0.4 is 10.6 Å². The molecule has 2 N–H and O–H groups in total. The fourth-order valence-corrected chi connectivity index (χ4v) is 3.24. The van der Waals surface area contributed by atoms with Gasteiger partial charge in [-0.3, -0.25) is 4.90 Å². The molecular weight excluding hydrogens is 352 g/mol. The van der Waals surface area contributed by atoms with E-state index in [1.807, 2.05) is 24.3 Å². The van der Waals surface area contributed by atoms with Crippen LogP contribution in [0.15, 0.2) is 48.5 Å². The number of benzene rings is 2. The molecule has 0 unspecified atom stereocenters. The molecule has 1 saturated heterocycles. The van der Waals surface area contributed by atoms with Crippen LogP contribution in [0.1, 0.15) is 16.7 Å². The van der Waals surface area contributed by atoms with Crippen LogP contribution in [-0.4, -0.2) is 56.2 Å². The molecule has 2 aromatic rings. The smallest absolute Gasteiger partial charge is 0.319 e. The number of anilines is 1. The quantitative estimate of drug-likeness (QED) is 0.773. The van der Waals surface area contributed by atoms with Gasteiger partial charge in [0.15, 0.2) is 0 Å². The molecule has 150 valence electrons. The van der Waals surface area contributed by atoms with Crippen LogP contribution in [0.3, 0.4) is 0 Å². The summed E-state index contributed by atoms with van der Waals surface area (Å²) in [7, 11) is 3.84. The van der Waals surface area contributed by atoms with E-state index in [0.717, 1.165) is 49.5 Å². The lowest BCUT2D eigenvalue weighted by molar-refractivity contribution is 0.148. The van der Waals surface area contributed by atoms with Gasteiger partial charge in [-0.2, -0.15) is 0 Å². The Bertz CT molecular complexity index is 738. The van der Waals surface area contributed by atoms with Gasteiger partial charge in [0.25, 0.3) is 0 Å². The Morgan fingerprint density at radius 2 is 1.54 bits per heavy atom. The van der Waals surface area contributed by atoms with Gasteiger partial charge >= 0.3 is 6.03 Å². The van der Waals surface area contributed by atoms with E-state index in [1.165, 1.54) is 5.56 Å². The Kier molecular flexibility index (Phi) is 7.42. The number of amides is 2. The second kappa shape index (κ2) is 10.2. The summed E-state index contributed by atoms with van der Waals surface area (Å²) in [4.78, 5) is 16.9. The minimum absolute atomic E-state index is 0.207. The average Bonchev–Trinajstić information content (AvgIpc) is 2.71. The highest BCUT2D eigenvalue weighted by atomic mass is 16.5. The van der Waals surface area contributed by atoms with E-state index in [1.54, 1.807) is 7.11 Å². The minimum Gasteiger partial charge on any atom is -0.380 e. The lowest BCUT2D eigenvalue weighted by Gasteiger charge is -2.32. The predicted molar refractivity (Wildman–Crippen MR) is 112 cm³/mol. The van der Waals surface area contributed by atoms with Gasteiger partial charge in [-0.05, 0) is 35.9 Å². The standard InChI is InChI=1S/C22H30N4O2/c1-25-11-13-26(14-12-25)16-19-5-3-18(4-6-19)15-23-22(27)24-21-9-7-20(8-10-21)17-28-2/h3-10H,11-17H2,1-2H3,(H2,23,24,27). The highest BCUT2D eigenvalue weighted by molar-refractivity contribution is 5.89. The van der Waals surface area contributed by atoms with Crippen LogP contribution >= 0.6 is 0 Å². The van der Waals surface area contributed by atoms with Gasteiger partial charge in [0.05, 0.1) is 6.61 Å². The van der Waals surface area contributed by atoms with Gasteiger partial charge in [-0.1, -0.05) is 36.4 Å². The molecule has 6 nitrogen and oxygen atoms in total. The summed E-state index contributed by atoms with van der Waals surface area (Å²) in [6, 6.07) is 15.9. The van der Waals surface area contributed by atoms with Crippen molar-refractivity contribution in [3.8, 4) is 0 Å². The zero-order valence-electron chi connectivity index (χ0n) is 16.8. The van der Waals surface area contributed by atoms with E-state index in [9.17, 15) is 4.79 Å². The molecule has 1 aliphatic rings. The van der Waals surface area contributed by atoms with Crippen molar-refractivity contribution in [1.29, 1.82) is 0 Å². The number of rotatable bonds is 7. The number of piperazine rings is 1. The Labute approximate surface area is 167 Å². The maximum Gasteiger partial charge on any atom is 0.319 e. The summed E-state index contributed by atoms with van der Waals surface area (Å²) in [5.41, 5.74) is 4.24. The second-order valence-electron chi connectivity index (χ2n) is 7.33. The number of ether oxygens (including phenoxy) is 1. The fraction of sp³-hybridized carbons (Fsp3) is 0.409. The largest absolute Gasteiger partial charge is 0.380 e. The third-order valence-corrected chi connectivity index (χ3v) is 5.00. The van der Waals surface area contributed by atoms with E-state index in [-0.39, 0.29) is 6.03 Å². The molecule has 0 radical (unpaired) electrons. The Hall–Kier alpha value is -2.41. The number of likely N-dealkylation sites (N-methyl/N-ethyl adjacent to an activating group) is 1. The highest BCUT2D eigenvalue weighted by Crippen LogP contribution is 2.11. The molecule has 1 heterocycles. The maximum absolute atomic E-state index is 12.1. The summed E-state index contributed by atoms with van der Waals surface area (Å²) in [6.07, 6.45) is 0. The molecule has 0 spiro atoms. The number of nitrogens with zero attached hydrogens (tertiary/aromatic N) is 2. The van der Waals surface area contributed by atoms with Crippen LogP contribution in [0.2, 0.25) is 0 Å². The first-order valence-corrected chi connectivity index (χ1v) is 9.74. The highest BCUT2D eigenvalue weighted by Gasteiger charge is 2.13. The van der Waals surface area contributed by atoms with E-state index < -0.39 is 0 Å². The molecule has 0 atom stereocenters. The molecule has 1 aliphatic heterocycles. The summed E-state index contributed by atoms with van der Waals surface area (Å²) >= 11 is 0. The van der Waals surface area contributed by atoms with Crippen molar-refractivity contribution in [2.45, 2.75) is 19.7 Å². The van der Waals surface area contributed by atoms with Gasteiger partial charge in [0.1, 0.15) is 0 Å². The Morgan fingerprint density at radius 1 is 0.929 bits per heavy atom. The first-order valence-electron chi connectivity index (χ1n) is 9.74. The molecule has 3 rings (SSSR count). The van der Waals surface area contributed by atoms with Crippen LogP contribution in [0.4, 0.5) is 10.5 Å². The van der Waals surface area contributed by atoms with Crippen LogP contribution in [0, 0.1) is 0 Å².